The van der Waals surface area contributed by atoms with Crippen LogP contribution in [-0.2, 0) is 20.1 Å². The van der Waals surface area contributed by atoms with Crippen molar-refractivity contribution in [2.24, 2.45) is 12.0 Å². The van der Waals surface area contributed by atoms with Gasteiger partial charge in [0.15, 0.2) is 11.8 Å². The molecule has 0 atom stereocenters. The summed E-state index contributed by atoms with van der Waals surface area (Å²) in [5.41, 5.74) is 2.13. The summed E-state index contributed by atoms with van der Waals surface area (Å²) in [5.74, 6) is 3.39. The Balaban J connectivity index is 1.62. The third kappa shape index (κ3) is 3.90. The Kier molecular flexibility index (Phi) is 5.31. The molecule has 26 heavy (non-hydrogen) atoms. The molecule has 0 unspecified atom stereocenters. The van der Waals surface area contributed by atoms with Crippen molar-refractivity contribution in [2.75, 3.05) is 14.1 Å². The quantitative estimate of drug-likeness (QED) is 0.539. The summed E-state index contributed by atoms with van der Waals surface area (Å²) in [6.45, 7) is 3.10. The van der Waals surface area contributed by atoms with Crippen LogP contribution in [-0.4, -0.2) is 49.7 Å². The fraction of sp³-hybridized carbons (Fsp3) is 0.333. The van der Waals surface area contributed by atoms with Gasteiger partial charge in [-0.05, 0) is 12.5 Å². The zero-order chi connectivity index (χ0) is 18.5. The van der Waals surface area contributed by atoms with E-state index in [0.717, 1.165) is 34.7 Å². The molecule has 8 heteroatoms. The van der Waals surface area contributed by atoms with E-state index in [1.54, 1.807) is 7.05 Å². The van der Waals surface area contributed by atoms with Gasteiger partial charge in [-0.1, -0.05) is 30.3 Å². The van der Waals surface area contributed by atoms with Gasteiger partial charge in [0, 0.05) is 21.1 Å². The monoisotopic (exact) mass is 352 g/mol. The minimum absolute atomic E-state index is 0.557. The number of benzene rings is 1. The number of aromatic nitrogens is 5. The number of nitrogens with one attached hydrogen (secondary N) is 2. The Morgan fingerprint density at radius 3 is 2.69 bits per heavy atom. The third-order valence-corrected chi connectivity index (χ3v) is 4.26. The Labute approximate surface area is 153 Å². The maximum Gasteiger partial charge on any atom is 0.194 e. The van der Waals surface area contributed by atoms with Crippen LogP contribution in [0.2, 0.25) is 0 Å². The molecular formula is C18H24N8. The summed E-state index contributed by atoms with van der Waals surface area (Å²) >= 11 is 0. The predicted molar refractivity (Wildman–Crippen MR) is 101 cm³/mol. The van der Waals surface area contributed by atoms with Crippen molar-refractivity contribution >= 4 is 5.96 Å². The smallest absolute Gasteiger partial charge is 0.194 e. The van der Waals surface area contributed by atoms with Crippen molar-refractivity contribution < 1.29 is 0 Å². The fourth-order valence-electron chi connectivity index (χ4n) is 2.65. The van der Waals surface area contributed by atoms with Gasteiger partial charge in [0.2, 0.25) is 0 Å². The number of hydrogen-bond donors (Lipinski definition) is 2. The van der Waals surface area contributed by atoms with Gasteiger partial charge in [-0.2, -0.15) is 0 Å². The van der Waals surface area contributed by atoms with Crippen LogP contribution in [0.15, 0.2) is 41.5 Å². The Morgan fingerprint density at radius 2 is 2.04 bits per heavy atom. The van der Waals surface area contributed by atoms with Crippen LogP contribution in [0.4, 0.5) is 0 Å². The molecule has 3 rings (SSSR count). The van der Waals surface area contributed by atoms with Gasteiger partial charge in [0.1, 0.15) is 11.6 Å². The van der Waals surface area contributed by atoms with E-state index in [2.05, 4.69) is 42.6 Å². The first-order valence-corrected chi connectivity index (χ1v) is 8.44. The number of hydrogen-bond acceptors (Lipinski definition) is 4. The number of aromatic amines is 1. The predicted octanol–water partition coefficient (Wildman–Crippen LogP) is 1.72. The number of aryl methyl sites for hydroxylation is 1. The maximum atomic E-state index is 4.48. The van der Waals surface area contributed by atoms with Crippen LogP contribution < -0.4 is 5.32 Å². The molecule has 8 nitrogen and oxygen atoms in total. The van der Waals surface area contributed by atoms with Gasteiger partial charge in [-0.15, -0.1) is 10.2 Å². The molecule has 2 N–H and O–H groups in total. The molecule has 1 aromatic carbocycles. The lowest BCUT2D eigenvalue weighted by Gasteiger charge is -2.20. The highest BCUT2D eigenvalue weighted by Gasteiger charge is 2.11. The molecular weight excluding hydrogens is 328 g/mol. The van der Waals surface area contributed by atoms with E-state index in [1.165, 1.54) is 0 Å². The molecule has 2 heterocycles. The zero-order valence-electron chi connectivity index (χ0n) is 15.6. The number of rotatable bonds is 5. The van der Waals surface area contributed by atoms with Gasteiger partial charge in [0.05, 0.1) is 25.0 Å². The highest BCUT2D eigenvalue weighted by Crippen LogP contribution is 2.16. The summed E-state index contributed by atoms with van der Waals surface area (Å²) < 4.78 is 1.96. The van der Waals surface area contributed by atoms with Crippen LogP contribution >= 0.6 is 0 Å². The summed E-state index contributed by atoms with van der Waals surface area (Å²) in [5, 5.41) is 11.5. The fourth-order valence-corrected chi connectivity index (χ4v) is 2.65. The van der Waals surface area contributed by atoms with E-state index in [4.69, 9.17) is 0 Å². The Morgan fingerprint density at radius 1 is 1.27 bits per heavy atom. The van der Waals surface area contributed by atoms with Crippen LogP contribution in [0.1, 0.15) is 17.5 Å². The molecule has 136 valence electrons. The van der Waals surface area contributed by atoms with Crippen LogP contribution in [0, 0.1) is 6.92 Å². The molecule has 2 aromatic heterocycles. The molecule has 0 saturated carbocycles. The first kappa shape index (κ1) is 17.7. The maximum absolute atomic E-state index is 4.48. The molecule has 0 saturated heterocycles. The molecule has 0 aliphatic heterocycles. The summed E-state index contributed by atoms with van der Waals surface area (Å²) in [4.78, 5) is 14.2. The number of nitrogens with zero attached hydrogens (tertiary/aromatic N) is 6. The average molecular weight is 352 g/mol. The van der Waals surface area contributed by atoms with E-state index in [9.17, 15) is 0 Å². The average Bonchev–Trinajstić information content (AvgIpc) is 3.24. The summed E-state index contributed by atoms with van der Waals surface area (Å²) in [6, 6.07) is 10.2. The number of imidazole rings is 1. The summed E-state index contributed by atoms with van der Waals surface area (Å²) in [6.07, 6.45) is 1.86. The second-order valence-corrected chi connectivity index (χ2v) is 6.09. The van der Waals surface area contributed by atoms with Crippen molar-refractivity contribution in [1.82, 2.24) is 34.9 Å². The molecule has 0 aliphatic rings. The van der Waals surface area contributed by atoms with Gasteiger partial charge < -0.3 is 19.8 Å². The lowest BCUT2D eigenvalue weighted by Crippen LogP contribution is -2.38. The molecule has 0 radical (unpaired) electrons. The van der Waals surface area contributed by atoms with Crippen LogP contribution in [0.25, 0.3) is 11.3 Å². The van der Waals surface area contributed by atoms with Gasteiger partial charge >= 0.3 is 0 Å². The number of guanidine groups is 1. The van der Waals surface area contributed by atoms with Gasteiger partial charge in [-0.3, -0.25) is 4.99 Å². The lowest BCUT2D eigenvalue weighted by atomic mass is 10.2. The number of aliphatic imine (C=N–C) groups is 1. The van der Waals surface area contributed by atoms with Gasteiger partial charge in [0.25, 0.3) is 0 Å². The van der Waals surface area contributed by atoms with Crippen molar-refractivity contribution in [3.8, 4) is 11.3 Å². The van der Waals surface area contributed by atoms with E-state index < -0.39 is 0 Å². The minimum Gasteiger partial charge on any atom is -0.349 e. The molecule has 0 spiro atoms. The SMILES string of the molecule is CN=C(NCc1nnc(C)n1C)N(C)Cc1ncc(-c2ccccc2)[nH]1. The highest BCUT2D eigenvalue weighted by molar-refractivity contribution is 5.79. The van der Waals surface area contributed by atoms with Crippen molar-refractivity contribution in [3.63, 3.8) is 0 Å². The third-order valence-electron chi connectivity index (χ3n) is 4.26. The first-order valence-electron chi connectivity index (χ1n) is 8.44. The highest BCUT2D eigenvalue weighted by atomic mass is 15.3. The van der Waals surface area contributed by atoms with E-state index in [0.29, 0.717) is 13.1 Å². The Hall–Kier alpha value is -3.16. The largest absolute Gasteiger partial charge is 0.349 e. The second kappa shape index (κ2) is 7.81. The van der Waals surface area contributed by atoms with Crippen molar-refractivity contribution in [1.29, 1.82) is 0 Å². The van der Waals surface area contributed by atoms with E-state index >= 15 is 0 Å². The molecule has 0 bridgehead atoms. The van der Waals surface area contributed by atoms with Crippen molar-refractivity contribution in [3.05, 3.63) is 54.0 Å². The minimum atomic E-state index is 0.557. The molecule has 3 aromatic rings. The lowest BCUT2D eigenvalue weighted by molar-refractivity contribution is 0.462. The van der Waals surface area contributed by atoms with Gasteiger partial charge in [-0.25, -0.2) is 4.98 Å². The van der Waals surface area contributed by atoms with E-state index in [-0.39, 0.29) is 0 Å². The Bertz CT molecular complexity index is 878. The van der Waals surface area contributed by atoms with Crippen LogP contribution in [0.5, 0.6) is 0 Å². The van der Waals surface area contributed by atoms with E-state index in [1.807, 2.05) is 54.9 Å². The molecule has 0 fully saturated rings. The zero-order valence-corrected chi connectivity index (χ0v) is 15.6. The molecule has 0 amide bonds. The van der Waals surface area contributed by atoms with Crippen molar-refractivity contribution in [2.45, 2.75) is 20.0 Å². The van der Waals surface area contributed by atoms with Crippen LogP contribution in [0.3, 0.4) is 0 Å². The number of H-pyrrole nitrogens is 1. The standard InChI is InChI=1S/C18H24N8/c1-13-23-24-17(26(13)4)11-21-18(19-2)25(3)12-16-20-10-15(22-16)14-8-6-5-7-9-14/h5-10H,11-12H2,1-4H3,(H,19,21)(H,20,22). The normalized spacial score (nSPS) is 11.6. The first-order chi connectivity index (χ1) is 12.6. The summed E-state index contributed by atoms with van der Waals surface area (Å²) in [7, 11) is 5.69. The molecule has 0 aliphatic carbocycles. The topological polar surface area (TPSA) is 87.0 Å². The second-order valence-electron chi connectivity index (χ2n) is 6.09.